The van der Waals surface area contributed by atoms with Gasteiger partial charge in [0.1, 0.15) is 5.76 Å². The summed E-state index contributed by atoms with van der Waals surface area (Å²) < 4.78 is 0. The highest BCUT2D eigenvalue weighted by atomic mass is 16.3. The molecule has 0 amide bonds. The fourth-order valence-corrected chi connectivity index (χ4v) is 7.88. The van der Waals surface area contributed by atoms with E-state index in [0.29, 0.717) is 42.6 Å². The molecule has 0 aliphatic heterocycles. The van der Waals surface area contributed by atoms with Crippen molar-refractivity contribution < 1.29 is 20.1 Å². The molecule has 1 saturated carbocycles. The van der Waals surface area contributed by atoms with Gasteiger partial charge in [-0.3, -0.25) is 4.79 Å². The van der Waals surface area contributed by atoms with Crippen LogP contribution in [0.25, 0.3) is 0 Å². The van der Waals surface area contributed by atoms with Gasteiger partial charge < -0.3 is 15.3 Å². The first-order valence-corrected chi connectivity index (χ1v) is 16.0. The van der Waals surface area contributed by atoms with Crippen LogP contribution < -0.4 is 0 Å². The van der Waals surface area contributed by atoms with E-state index >= 15 is 0 Å². The molecule has 0 aromatic carbocycles. The normalized spacial score (nSPS) is 32.1. The summed E-state index contributed by atoms with van der Waals surface area (Å²) in [6, 6.07) is 0. The molecule has 2 bridgehead atoms. The summed E-state index contributed by atoms with van der Waals surface area (Å²) in [5.41, 5.74) is -1.31. The van der Waals surface area contributed by atoms with Gasteiger partial charge in [0.2, 0.25) is 0 Å². The topological polar surface area (TPSA) is 77.8 Å². The molecule has 2 unspecified atom stereocenters. The van der Waals surface area contributed by atoms with Crippen molar-refractivity contribution >= 4 is 5.78 Å². The third-order valence-corrected chi connectivity index (χ3v) is 10.3. The molecule has 2 aliphatic rings. The Labute approximate surface area is 240 Å². The molecule has 39 heavy (non-hydrogen) atoms. The van der Waals surface area contributed by atoms with E-state index in [0.717, 1.165) is 44.1 Å². The second-order valence-corrected chi connectivity index (χ2v) is 15.3. The van der Waals surface area contributed by atoms with E-state index in [2.05, 4.69) is 54.5 Å². The van der Waals surface area contributed by atoms with Gasteiger partial charge in [0.05, 0.1) is 23.0 Å². The number of carbonyl (C=O) groups is 1. The largest absolute Gasteiger partial charge is 0.511 e. The number of aliphatic hydroxyl groups is 3. The van der Waals surface area contributed by atoms with Crippen LogP contribution in [0.3, 0.4) is 0 Å². The first-order chi connectivity index (χ1) is 18.0. The average Bonchev–Trinajstić information content (AvgIpc) is 2.81. The Morgan fingerprint density at radius 3 is 2.03 bits per heavy atom. The van der Waals surface area contributed by atoms with Crippen LogP contribution in [-0.2, 0) is 4.79 Å². The van der Waals surface area contributed by atoms with Gasteiger partial charge in [-0.05, 0) is 87.4 Å². The van der Waals surface area contributed by atoms with Gasteiger partial charge in [-0.1, -0.05) is 93.2 Å². The molecule has 0 spiro atoms. The van der Waals surface area contributed by atoms with Gasteiger partial charge in [-0.15, -0.1) is 0 Å². The van der Waals surface area contributed by atoms with Crippen molar-refractivity contribution in [2.75, 3.05) is 0 Å². The predicted octanol–water partition coefficient (Wildman–Crippen LogP) is 8.81. The molecular weight excluding hydrogens is 484 g/mol. The maximum Gasteiger partial charge on any atom is 0.174 e. The molecule has 226 valence electrons. The lowest BCUT2D eigenvalue weighted by Gasteiger charge is -2.67. The Kier molecular flexibility index (Phi) is 11.6. The standard InChI is InChI=1S/C35H62O4/c1-22(2)13-12-19-33(11)27(16-14-23(3)4)21-34(20-18-25(7)8)30(37)28(17-15-24(5)6)31(38)35(33,32(34)39)29(36)26(9)10/h18,22-24,26-27,29,32,36-37,39H,12-17,19-21H2,1-11H3/t27-,29?,32?,33+,34+,35-/m0/s1. The summed E-state index contributed by atoms with van der Waals surface area (Å²) in [5.74, 6) is 1.24. The van der Waals surface area contributed by atoms with Crippen LogP contribution in [0, 0.1) is 45.8 Å². The van der Waals surface area contributed by atoms with Gasteiger partial charge in [-0.2, -0.15) is 0 Å². The first kappa shape index (κ1) is 34.1. The Hall–Kier alpha value is -1.13. The molecule has 4 nitrogen and oxygen atoms in total. The molecule has 4 heteroatoms. The van der Waals surface area contributed by atoms with Gasteiger partial charge in [0.25, 0.3) is 0 Å². The molecule has 2 aliphatic carbocycles. The minimum absolute atomic E-state index is 0.100. The lowest BCUT2D eigenvalue weighted by Crippen LogP contribution is -2.74. The van der Waals surface area contributed by atoms with E-state index < -0.39 is 28.5 Å². The minimum atomic E-state index is -1.36. The third-order valence-electron chi connectivity index (χ3n) is 10.3. The van der Waals surface area contributed by atoms with Crippen LogP contribution in [0.5, 0.6) is 0 Å². The lowest BCUT2D eigenvalue weighted by molar-refractivity contribution is -0.246. The lowest BCUT2D eigenvalue weighted by atomic mass is 9.36. The van der Waals surface area contributed by atoms with Crippen molar-refractivity contribution in [3.05, 3.63) is 23.0 Å². The number of fused-ring (bicyclic) bond motifs is 2. The maximum atomic E-state index is 15.0. The van der Waals surface area contributed by atoms with Crippen LogP contribution in [0.1, 0.15) is 134 Å². The van der Waals surface area contributed by atoms with Crippen molar-refractivity contribution in [3.63, 3.8) is 0 Å². The Morgan fingerprint density at radius 2 is 1.54 bits per heavy atom. The van der Waals surface area contributed by atoms with E-state index in [1.54, 1.807) is 0 Å². The number of carbonyl (C=O) groups excluding carboxylic acids is 1. The number of Topliss-reactive ketones (excluding diaryl/α,β-unsaturated/α-hetero) is 1. The van der Waals surface area contributed by atoms with Crippen LogP contribution in [0.2, 0.25) is 0 Å². The quantitative estimate of drug-likeness (QED) is 0.190. The molecule has 3 N–H and O–H groups in total. The molecule has 2 rings (SSSR count). The van der Waals surface area contributed by atoms with Crippen LogP contribution >= 0.6 is 0 Å². The van der Waals surface area contributed by atoms with Crippen LogP contribution in [0.15, 0.2) is 23.0 Å². The van der Waals surface area contributed by atoms with Crippen molar-refractivity contribution in [3.8, 4) is 0 Å². The third kappa shape index (κ3) is 6.37. The highest BCUT2D eigenvalue weighted by Gasteiger charge is 2.75. The second-order valence-electron chi connectivity index (χ2n) is 15.3. The molecule has 0 aromatic heterocycles. The van der Waals surface area contributed by atoms with E-state index in [4.69, 9.17) is 0 Å². The first-order valence-electron chi connectivity index (χ1n) is 16.0. The molecule has 0 radical (unpaired) electrons. The number of hydrogen-bond acceptors (Lipinski definition) is 4. The number of hydrogen-bond donors (Lipinski definition) is 3. The van der Waals surface area contributed by atoms with Gasteiger partial charge in [0, 0.05) is 5.57 Å². The summed E-state index contributed by atoms with van der Waals surface area (Å²) >= 11 is 0. The zero-order valence-corrected chi connectivity index (χ0v) is 27.2. The number of aliphatic hydroxyl groups excluding tert-OH is 3. The number of rotatable bonds is 14. The number of ketones is 1. The number of allylic oxidation sites excluding steroid dienone is 3. The summed E-state index contributed by atoms with van der Waals surface area (Å²) in [4.78, 5) is 15.0. The van der Waals surface area contributed by atoms with Crippen molar-refractivity contribution in [2.45, 2.75) is 146 Å². The SMILES string of the molecule is CC(C)=CC[C@@]12C[C@H](CCC(C)C)[C@@](C)(CCCC(C)C)[C@@](C(O)C(C)C)(C(=O)C(CCC(C)C)=C1O)C2O. The summed E-state index contributed by atoms with van der Waals surface area (Å²) in [7, 11) is 0. The highest BCUT2D eigenvalue weighted by molar-refractivity contribution is 6.03. The van der Waals surface area contributed by atoms with Crippen molar-refractivity contribution in [1.29, 1.82) is 0 Å². The van der Waals surface area contributed by atoms with Crippen LogP contribution in [0.4, 0.5) is 0 Å². The van der Waals surface area contributed by atoms with Gasteiger partial charge in [-0.25, -0.2) is 0 Å². The summed E-state index contributed by atoms with van der Waals surface area (Å²) in [5, 5.41) is 36.8. The fraction of sp³-hybridized carbons (Fsp3) is 0.857. The molecule has 0 aromatic rings. The summed E-state index contributed by atoms with van der Waals surface area (Å²) in [6.07, 6.45) is 7.09. The van der Waals surface area contributed by atoms with Crippen molar-refractivity contribution in [2.24, 2.45) is 45.8 Å². The monoisotopic (exact) mass is 546 g/mol. The molecule has 0 heterocycles. The van der Waals surface area contributed by atoms with E-state index in [9.17, 15) is 20.1 Å². The maximum absolute atomic E-state index is 15.0. The van der Waals surface area contributed by atoms with Gasteiger partial charge >= 0.3 is 0 Å². The zero-order chi connectivity index (χ0) is 29.9. The molecular formula is C35H62O4. The molecule has 6 atom stereocenters. The second kappa shape index (κ2) is 13.2. The molecule has 1 fully saturated rings. The predicted molar refractivity (Wildman–Crippen MR) is 163 cm³/mol. The van der Waals surface area contributed by atoms with E-state index in [1.807, 2.05) is 27.7 Å². The molecule has 0 saturated heterocycles. The smallest absolute Gasteiger partial charge is 0.174 e. The average molecular weight is 547 g/mol. The Balaban J connectivity index is 2.96. The highest BCUT2D eigenvalue weighted by Crippen LogP contribution is 2.70. The van der Waals surface area contributed by atoms with E-state index in [1.165, 1.54) is 0 Å². The van der Waals surface area contributed by atoms with Crippen LogP contribution in [-0.4, -0.2) is 33.3 Å². The minimum Gasteiger partial charge on any atom is -0.511 e. The zero-order valence-electron chi connectivity index (χ0n) is 27.2. The fourth-order valence-electron chi connectivity index (χ4n) is 7.88. The Bertz CT molecular complexity index is 892. The van der Waals surface area contributed by atoms with Crippen molar-refractivity contribution in [1.82, 2.24) is 0 Å². The Morgan fingerprint density at radius 1 is 0.974 bits per heavy atom. The van der Waals surface area contributed by atoms with E-state index in [-0.39, 0.29) is 23.4 Å². The van der Waals surface area contributed by atoms with Gasteiger partial charge in [0.15, 0.2) is 5.78 Å². The summed E-state index contributed by atoms with van der Waals surface area (Å²) in [6.45, 7) is 23.4.